The predicted octanol–water partition coefficient (Wildman–Crippen LogP) is 3.08. The monoisotopic (exact) mass is 279 g/mol. The van der Waals surface area contributed by atoms with Crippen molar-refractivity contribution in [2.75, 3.05) is 0 Å². The maximum Gasteiger partial charge on any atom is 0.349 e. The fourth-order valence-corrected chi connectivity index (χ4v) is 3.27. The molecule has 0 spiro atoms. The average molecular weight is 279 g/mol. The molecule has 0 aromatic heterocycles. The summed E-state index contributed by atoms with van der Waals surface area (Å²) in [6, 6.07) is -0.366. The van der Waals surface area contributed by atoms with Crippen molar-refractivity contribution < 1.29 is 14.3 Å². The maximum absolute atomic E-state index is 11.7. The highest BCUT2D eigenvalue weighted by Gasteiger charge is 2.23. The molecule has 112 valence electrons. The first-order valence-corrected chi connectivity index (χ1v) is 7.98. The van der Waals surface area contributed by atoms with Crippen LogP contribution in [0.15, 0.2) is 4.99 Å². The molecule has 2 fully saturated rings. The van der Waals surface area contributed by atoms with E-state index in [1.807, 2.05) is 0 Å². The fraction of sp³-hybridized carbons (Fsp3) is 0.812. The predicted molar refractivity (Wildman–Crippen MR) is 77.9 cm³/mol. The molecule has 0 aromatic carbocycles. The van der Waals surface area contributed by atoms with E-state index in [-0.39, 0.29) is 18.1 Å². The summed E-state index contributed by atoms with van der Waals surface area (Å²) in [4.78, 5) is 27.0. The average Bonchev–Trinajstić information content (AvgIpc) is 2.50. The Kier molecular flexibility index (Phi) is 6.22. The zero-order valence-corrected chi connectivity index (χ0v) is 12.1. The second kappa shape index (κ2) is 8.18. The third-order valence-corrected chi connectivity index (χ3v) is 4.46. The number of carbonyl (C=O) groups is 2. The third kappa shape index (κ3) is 4.73. The van der Waals surface area contributed by atoms with Gasteiger partial charge in [-0.25, -0.2) is 4.79 Å². The molecule has 0 saturated heterocycles. The molecule has 2 aliphatic rings. The number of aliphatic imine (C=N–C) groups is 1. The van der Waals surface area contributed by atoms with Crippen LogP contribution in [-0.4, -0.2) is 30.6 Å². The number of rotatable bonds is 5. The van der Waals surface area contributed by atoms with Crippen LogP contribution < -0.4 is 0 Å². The summed E-state index contributed by atoms with van der Waals surface area (Å²) in [6.45, 7) is 0. The van der Waals surface area contributed by atoms with E-state index >= 15 is 0 Å². The van der Waals surface area contributed by atoms with E-state index in [1.165, 1.54) is 19.1 Å². The molecule has 4 heteroatoms. The van der Waals surface area contributed by atoms with Crippen molar-refractivity contribution in [3.05, 3.63) is 0 Å². The third-order valence-electron chi connectivity index (χ3n) is 4.46. The second-order valence-electron chi connectivity index (χ2n) is 6.00. The SMILES string of the molecule is O=C[C@@H](N=CC(=O)OC1CCCCC1)C1CCCCC1. The van der Waals surface area contributed by atoms with Crippen LogP contribution in [0.3, 0.4) is 0 Å². The summed E-state index contributed by atoms with van der Waals surface area (Å²) >= 11 is 0. The molecule has 4 nitrogen and oxygen atoms in total. The summed E-state index contributed by atoms with van der Waals surface area (Å²) in [5, 5.41) is 0. The molecule has 0 radical (unpaired) electrons. The molecule has 1 atom stereocenters. The minimum absolute atomic E-state index is 0.0482. The van der Waals surface area contributed by atoms with Gasteiger partial charge in [0.05, 0.1) is 0 Å². The van der Waals surface area contributed by atoms with Crippen LogP contribution in [0.25, 0.3) is 0 Å². The molecule has 2 aliphatic carbocycles. The Labute approximate surface area is 121 Å². The summed E-state index contributed by atoms with van der Waals surface area (Å²) in [5.74, 6) is -0.0838. The highest BCUT2D eigenvalue weighted by Crippen LogP contribution is 2.27. The van der Waals surface area contributed by atoms with Crippen LogP contribution >= 0.6 is 0 Å². The Morgan fingerprint density at radius 2 is 1.60 bits per heavy atom. The topological polar surface area (TPSA) is 55.7 Å². The highest BCUT2D eigenvalue weighted by molar-refractivity contribution is 6.23. The van der Waals surface area contributed by atoms with Gasteiger partial charge in [-0.15, -0.1) is 0 Å². The zero-order valence-electron chi connectivity index (χ0n) is 12.1. The first-order valence-electron chi connectivity index (χ1n) is 7.98. The number of aldehydes is 1. The Bertz CT molecular complexity index is 342. The lowest BCUT2D eigenvalue weighted by molar-refractivity contribution is -0.141. The van der Waals surface area contributed by atoms with Gasteiger partial charge in [-0.2, -0.15) is 0 Å². The molecule has 0 N–H and O–H groups in total. The summed E-state index contributed by atoms with van der Waals surface area (Å²) in [6.07, 6.45) is 13.2. The van der Waals surface area contributed by atoms with Crippen molar-refractivity contribution >= 4 is 18.5 Å². The number of esters is 1. The van der Waals surface area contributed by atoms with Crippen molar-refractivity contribution in [1.82, 2.24) is 0 Å². The summed E-state index contributed by atoms with van der Waals surface area (Å²) in [5.41, 5.74) is 0. The molecule has 0 aliphatic heterocycles. The van der Waals surface area contributed by atoms with Crippen LogP contribution in [-0.2, 0) is 14.3 Å². The molecule has 2 saturated carbocycles. The van der Waals surface area contributed by atoms with Crippen molar-refractivity contribution in [3.63, 3.8) is 0 Å². The Morgan fingerprint density at radius 1 is 1.00 bits per heavy atom. The van der Waals surface area contributed by atoms with Gasteiger partial charge in [0.25, 0.3) is 0 Å². The fourth-order valence-electron chi connectivity index (χ4n) is 3.27. The number of nitrogens with zero attached hydrogens (tertiary/aromatic N) is 1. The Hall–Kier alpha value is -1.19. The number of hydrogen-bond donors (Lipinski definition) is 0. The molecule has 20 heavy (non-hydrogen) atoms. The molecule has 0 amide bonds. The van der Waals surface area contributed by atoms with E-state index < -0.39 is 0 Å². The lowest BCUT2D eigenvalue weighted by Gasteiger charge is -2.24. The molecule has 0 heterocycles. The van der Waals surface area contributed by atoms with E-state index in [1.54, 1.807) is 0 Å². The molecule has 0 bridgehead atoms. The van der Waals surface area contributed by atoms with Crippen LogP contribution in [0, 0.1) is 5.92 Å². The normalized spacial score (nSPS) is 23.6. The van der Waals surface area contributed by atoms with E-state index in [0.717, 1.165) is 57.7 Å². The Balaban J connectivity index is 1.79. The number of ether oxygens (including phenoxy) is 1. The van der Waals surface area contributed by atoms with Gasteiger partial charge in [-0.05, 0) is 44.4 Å². The smallest absolute Gasteiger partial charge is 0.349 e. The summed E-state index contributed by atoms with van der Waals surface area (Å²) in [7, 11) is 0. The van der Waals surface area contributed by atoms with Gasteiger partial charge < -0.3 is 9.53 Å². The van der Waals surface area contributed by atoms with Crippen LogP contribution in [0.2, 0.25) is 0 Å². The van der Waals surface area contributed by atoms with Crippen molar-refractivity contribution in [1.29, 1.82) is 0 Å². The Morgan fingerprint density at radius 3 is 2.20 bits per heavy atom. The van der Waals surface area contributed by atoms with Gasteiger partial charge in [-0.1, -0.05) is 25.7 Å². The van der Waals surface area contributed by atoms with Gasteiger partial charge in [0.15, 0.2) is 0 Å². The van der Waals surface area contributed by atoms with E-state index in [4.69, 9.17) is 4.74 Å². The molecular formula is C16H25NO3. The van der Waals surface area contributed by atoms with Crippen LogP contribution in [0.1, 0.15) is 64.2 Å². The molecule has 2 rings (SSSR count). The maximum atomic E-state index is 11.7. The second-order valence-corrected chi connectivity index (χ2v) is 6.00. The molecule has 0 aromatic rings. The number of carbonyl (C=O) groups excluding carboxylic acids is 2. The molecule has 0 unspecified atom stereocenters. The van der Waals surface area contributed by atoms with Crippen molar-refractivity contribution in [2.45, 2.75) is 76.4 Å². The van der Waals surface area contributed by atoms with Gasteiger partial charge in [-0.3, -0.25) is 4.99 Å². The lowest BCUT2D eigenvalue weighted by atomic mass is 9.85. The van der Waals surface area contributed by atoms with Crippen LogP contribution in [0.4, 0.5) is 0 Å². The first kappa shape index (κ1) is 15.2. The minimum Gasteiger partial charge on any atom is -0.458 e. The first-order chi connectivity index (χ1) is 9.79. The largest absolute Gasteiger partial charge is 0.458 e. The van der Waals surface area contributed by atoms with E-state index in [0.29, 0.717) is 5.92 Å². The van der Waals surface area contributed by atoms with Crippen molar-refractivity contribution in [2.24, 2.45) is 10.9 Å². The van der Waals surface area contributed by atoms with E-state index in [2.05, 4.69) is 4.99 Å². The summed E-state index contributed by atoms with van der Waals surface area (Å²) < 4.78 is 5.37. The quantitative estimate of drug-likeness (QED) is 0.441. The van der Waals surface area contributed by atoms with E-state index in [9.17, 15) is 9.59 Å². The van der Waals surface area contributed by atoms with Gasteiger partial charge in [0.2, 0.25) is 0 Å². The van der Waals surface area contributed by atoms with Crippen LogP contribution in [0.5, 0.6) is 0 Å². The highest BCUT2D eigenvalue weighted by atomic mass is 16.5. The number of hydrogen-bond acceptors (Lipinski definition) is 4. The van der Waals surface area contributed by atoms with Crippen molar-refractivity contribution in [3.8, 4) is 0 Å². The van der Waals surface area contributed by atoms with Gasteiger partial charge in [0, 0.05) is 0 Å². The minimum atomic E-state index is -0.389. The van der Waals surface area contributed by atoms with Gasteiger partial charge in [0.1, 0.15) is 24.6 Å². The molecular weight excluding hydrogens is 254 g/mol. The zero-order chi connectivity index (χ0) is 14.2. The lowest BCUT2D eigenvalue weighted by Crippen LogP contribution is -2.25. The van der Waals surface area contributed by atoms with Gasteiger partial charge >= 0.3 is 5.97 Å². The standard InChI is InChI=1S/C16H25NO3/c18-12-15(13-7-3-1-4-8-13)17-11-16(19)20-14-9-5-2-6-10-14/h11-15H,1-10H2/t15-/m1/s1.